The van der Waals surface area contributed by atoms with Crippen molar-refractivity contribution in [2.24, 2.45) is 0 Å². The van der Waals surface area contributed by atoms with Gasteiger partial charge in [-0.2, -0.15) is 0 Å². The summed E-state index contributed by atoms with van der Waals surface area (Å²) in [7, 11) is 1.49. The van der Waals surface area contributed by atoms with Gasteiger partial charge in [0.25, 0.3) is 5.91 Å². The molecule has 1 rings (SSSR count). The highest BCUT2D eigenvalue weighted by atomic mass is 16.5. The maximum Gasteiger partial charge on any atom is 0.272 e. The number of methoxy groups -OCH3 is 1. The predicted octanol–water partition coefficient (Wildman–Crippen LogP) is -0.911. The van der Waals surface area contributed by atoms with E-state index in [0.717, 1.165) is 0 Å². The lowest BCUT2D eigenvalue weighted by molar-refractivity contribution is -0.113. The fraction of sp³-hybridized carbons (Fsp3) is 0.667. The highest BCUT2D eigenvalue weighted by Gasteiger charge is 2.32. The van der Waals surface area contributed by atoms with Gasteiger partial charge in [0, 0.05) is 7.11 Å². The SMILES string of the molecule is COC1NC1=O. The predicted molar refractivity (Wildman–Crippen MR) is 18.9 cm³/mol. The van der Waals surface area contributed by atoms with E-state index in [0.29, 0.717) is 0 Å². The van der Waals surface area contributed by atoms with Crippen molar-refractivity contribution in [2.45, 2.75) is 6.23 Å². The molecular weight excluding hydrogens is 82.0 g/mol. The van der Waals surface area contributed by atoms with Gasteiger partial charge in [-0.25, -0.2) is 0 Å². The van der Waals surface area contributed by atoms with Crippen molar-refractivity contribution in [1.29, 1.82) is 0 Å². The van der Waals surface area contributed by atoms with Crippen LogP contribution in [-0.2, 0) is 9.53 Å². The fourth-order valence-corrected chi connectivity index (χ4v) is 0.254. The Morgan fingerprint density at radius 3 is 2.50 bits per heavy atom. The van der Waals surface area contributed by atoms with E-state index in [1.165, 1.54) is 7.11 Å². The lowest BCUT2D eigenvalue weighted by Gasteiger charge is -1.76. The smallest absolute Gasteiger partial charge is 0.272 e. The molecule has 0 saturated carbocycles. The Labute approximate surface area is 35.3 Å². The van der Waals surface area contributed by atoms with Crippen LogP contribution in [0.4, 0.5) is 0 Å². The van der Waals surface area contributed by atoms with E-state index in [4.69, 9.17) is 0 Å². The highest BCUT2D eigenvalue weighted by molar-refractivity contribution is 5.94. The fourth-order valence-electron chi connectivity index (χ4n) is 0.254. The molecule has 0 radical (unpaired) electrons. The van der Waals surface area contributed by atoms with Gasteiger partial charge in [0.05, 0.1) is 0 Å². The van der Waals surface area contributed by atoms with Gasteiger partial charge in [-0.1, -0.05) is 0 Å². The average molecular weight is 87.1 g/mol. The monoisotopic (exact) mass is 87.0 g/mol. The summed E-state index contributed by atoms with van der Waals surface area (Å²) in [6.07, 6.45) is -0.287. The number of carbonyl (C=O) groups is 1. The minimum Gasteiger partial charge on any atom is -0.353 e. The normalized spacial score (nSPS) is 29.5. The molecule has 1 fully saturated rings. The van der Waals surface area contributed by atoms with E-state index in [9.17, 15) is 4.79 Å². The van der Waals surface area contributed by atoms with Crippen molar-refractivity contribution >= 4 is 5.91 Å². The van der Waals surface area contributed by atoms with E-state index in [2.05, 4.69) is 10.1 Å². The molecule has 0 spiro atoms. The molecule has 1 heterocycles. The van der Waals surface area contributed by atoms with Gasteiger partial charge in [-0.3, -0.25) is 4.79 Å². The van der Waals surface area contributed by atoms with Gasteiger partial charge in [0.2, 0.25) is 6.23 Å². The second-order valence-electron chi connectivity index (χ2n) is 1.12. The Morgan fingerprint density at radius 2 is 2.50 bits per heavy atom. The van der Waals surface area contributed by atoms with Crippen LogP contribution < -0.4 is 5.32 Å². The molecule has 3 heteroatoms. The molecule has 1 aliphatic rings. The Morgan fingerprint density at radius 1 is 2.00 bits per heavy atom. The first-order valence-electron chi connectivity index (χ1n) is 1.68. The summed E-state index contributed by atoms with van der Waals surface area (Å²) in [6, 6.07) is 0. The van der Waals surface area contributed by atoms with Crippen LogP contribution in [0.3, 0.4) is 0 Å². The Bertz CT molecular complexity index is 80.9. The van der Waals surface area contributed by atoms with Gasteiger partial charge < -0.3 is 10.1 Å². The van der Waals surface area contributed by atoms with Crippen molar-refractivity contribution in [1.82, 2.24) is 5.32 Å². The quantitative estimate of drug-likeness (QED) is 0.421. The molecule has 1 amide bonds. The van der Waals surface area contributed by atoms with Crippen LogP contribution in [-0.4, -0.2) is 19.2 Å². The molecule has 1 N–H and O–H groups in total. The number of amides is 1. The molecule has 0 bridgehead atoms. The molecule has 0 aromatic carbocycles. The molecule has 0 aliphatic carbocycles. The third-order valence-corrected chi connectivity index (χ3v) is 0.664. The molecule has 3 nitrogen and oxygen atoms in total. The lowest BCUT2D eigenvalue weighted by Crippen LogP contribution is -1.90. The second-order valence-corrected chi connectivity index (χ2v) is 1.12. The Balaban J connectivity index is 2.26. The molecular formula is C3H5NO2. The first kappa shape index (κ1) is 3.61. The molecule has 0 aromatic heterocycles. The molecule has 1 aliphatic heterocycles. The molecule has 1 saturated heterocycles. The van der Waals surface area contributed by atoms with E-state index >= 15 is 0 Å². The summed E-state index contributed by atoms with van der Waals surface area (Å²) < 4.78 is 4.51. The third-order valence-electron chi connectivity index (χ3n) is 0.664. The van der Waals surface area contributed by atoms with Crippen molar-refractivity contribution in [2.75, 3.05) is 7.11 Å². The van der Waals surface area contributed by atoms with Gasteiger partial charge in [0.1, 0.15) is 0 Å². The van der Waals surface area contributed by atoms with Crippen LogP contribution in [0.5, 0.6) is 0 Å². The standard InChI is InChI=1S/C3H5NO2/c1-6-3-2(5)4-3/h3H,1H3,(H,4,5). The first-order chi connectivity index (χ1) is 2.84. The minimum absolute atomic E-state index is 0.0162. The van der Waals surface area contributed by atoms with E-state index in [1.54, 1.807) is 0 Å². The number of rotatable bonds is 1. The molecule has 6 heavy (non-hydrogen) atoms. The van der Waals surface area contributed by atoms with Gasteiger partial charge in [-0.15, -0.1) is 0 Å². The maximum absolute atomic E-state index is 9.88. The summed E-state index contributed by atoms with van der Waals surface area (Å²) in [5.74, 6) is -0.0162. The van der Waals surface area contributed by atoms with E-state index in [-0.39, 0.29) is 12.1 Å². The van der Waals surface area contributed by atoms with E-state index < -0.39 is 0 Å². The number of hydrogen-bond acceptors (Lipinski definition) is 2. The summed E-state index contributed by atoms with van der Waals surface area (Å²) in [6.45, 7) is 0. The van der Waals surface area contributed by atoms with Crippen molar-refractivity contribution < 1.29 is 9.53 Å². The van der Waals surface area contributed by atoms with Crippen LogP contribution in [0.2, 0.25) is 0 Å². The van der Waals surface area contributed by atoms with Crippen LogP contribution >= 0.6 is 0 Å². The van der Waals surface area contributed by atoms with Crippen molar-refractivity contribution in [3.8, 4) is 0 Å². The van der Waals surface area contributed by atoms with Gasteiger partial charge in [-0.05, 0) is 0 Å². The summed E-state index contributed by atoms with van der Waals surface area (Å²) in [5.41, 5.74) is 0. The van der Waals surface area contributed by atoms with Gasteiger partial charge in [0.15, 0.2) is 0 Å². The zero-order chi connectivity index (χ0) is 4.57. The molecule has 1 unspecified atom stereocenters. The van der Waals surface area contributed by atoms with Crippen molar-refractivity contribution in [3.05, 3.63) is 0 Å². The number of hydrogen-bond donors (Lipinski definition) is 1. The Kier molecular flexibility index (Phi) is 0.569. The number of nitrogens with one attached hydrogen (secondary N) is 1. The Hall–Kier alpha value is -0.570. The van der Waals surface area contributed by atoms with Crippen LogP contribution in [0, 0.1) is 0 Å². The molecule has 0 aromatic rings. The van der Waals surface area contributed by atoms with Crippen molar-refractivity contribution in [3.63, 3.8) is 0 Å². The summed E-state index contributed by atoms with van der Waals surface area (Å²) >= 11 is 0. The van der Waals surface area contributed by atoms with E-state index in [1.807, 2.05) is 0 Å². The molecule has 34 valence electrons. The zero-order valence-corrected chi connectivity index (χ0v) is 3.39. The number of ether oxygens (including phenoxy) is 1. The van der Waals surface area contributed by atoms with Crippen LogP contribution in [0.25, 0.3) is 0 Å². The topological polar surface area (TPSA) is 48.2 Å². The number of carbonyl (C=O) groups excluding carboxylic acids is 1. The maximum atomic E-state index is 9.88. The third kappa shape index (κ3) is 0.367. The van der Waals surface area contributed by atoms with Gasteiger partial charge >= 0.3 is 0 Å². The second kappa shape index (κ2) is 0.944. The summed E-state index contributed by atoms with van der Waals surface area (Å²) in [4.78, 5) is 9.88. The largest absolute Gasteiger partial charge is 0.353 e. The summed E-state index contributed by atoms with van der Waals surface area (Å²) in [5, 5.41) is 2.42. The minimum atomic E-state index is -0.287. The van der Waals surface area contributed by atoms with Crippen LogP contribution in [0.15, 0.2) is 0 Å². The zero-order valence-electron chi connectivity index (χ0n) is 3.39. The first-order valence-corrected chi connectivity index (χ1v) is 1.68. The molecule has 1 atom stereocenters. The lowest BCUT2D eigenvalue weighted by atomic mass is 10.8. The highest BCUT2D eigenvalue weighted by Crippen LogP contribution is 1.97. The average Bonchev–Trinajstić information content (AvgIpc) is 2.19. The van der Waals surface area contributed by atoms with Crippen LogP contribution in [0.1, 0.15) is 0 Å².